The van der Waals surface area contributed by atoms with Gasteiger partial charge in [0.1, 0.15) is 0 Å². The lowest BCUT2D eigenvalue weighted by molar-refractivity contribution is 0.112. The summed E-state index contributed by atoms with van der Waals surface area (Å²) in [6.07, 6.45) is 0.811. The van der Waals surface area contributed by atoms with Gasteiger partial charge in [0.25, 0.3) is 0 Å². The molecule has 112 valence electrons. The van der Waals surface area contributed by atoms with Crippen LogP contribution in [0.4, 0.5) is 11.4 Å². The van der Waals surface area contributed by atoms with E-state index in [2.05, 4.69) is 0 Å². The summed E-state index contributed by atoms with van der Waals surface area (Å²) < 4.78 is 0. The Balaban J connectivity index is 2.47. The zero-order valence-electron chi connectivity index (χ0n) is 11.5. The molecule has 0 radical (unpaired) electrons. The summed E-state index contributed by atoms with van der Waals surface area (Å²) in [7, 11) is 0. The maximum absolute atomic E-state index is 10.8. The number of nitrogen functional groups attached to an aromatic ring is 1. The molecule has 1 heterocycles. The monoisotopic (exact) mass is 306 g/mol. The van der Waals surface area contributed by atoms with Crippen LogP contribution >= 0.6 is 11.3 Å². The molecule has 0 fully saturated rings. The van der Waals surface area contributed by atoms with Crippen LogP contribution in [0.25, 0.3) is 10.4 Å². The normalized spacial score (nSPS) is 10.6. The second-order valence-corrected chi connectivity index (χ2v) is 5.48. The van der Waals surface area contributed by atoms with E-state index >= 15 is 0 Å². The Kier molecular flexibility index (Phi) is 5.32. The fourth-order valence-electron chi connectivity index (χ4n) is 2.17. The standard InChI is InChI=1S/C15H18N2O3S/c16-12-1-2-14(17(3-5-18)4-6-19)13(8-12)15-7-11(9-20)10-21-15/h1-2,7-10,18-19H,3-6,16H2. The molecule has 0 aliphatic heterocycles. The van der Waals surface area contributed by atoms with Gasteiger partial charge in [-0.05, 0) is 24.3 Å². The van der Waals surface area contributed by atoms with E-state index in [9.17, 15) is 15.0 Å². The zero-order valence-corrected chi connectivity index (χ0v) is 12.3. The first-order valence-electron chi connectivity index (χ1n) is 6.60. The van der Waals surface area contributed by atoms with Crippen molar-refractivity contribution in [3.8, 4) is 10.4 Å². The minimum atomic E-state index is -0.00611. The summed E-state index contributed by atoms with van der Waals surface area (Å²) in [5.74, 6) is 0. The number of rotatable bonds is 7. The molecule has 2 aromatic rings. The van der Waals surface area contributed by atoms with Gasteiger partial charge in [-0.25, -0.2) is 0 Å². The van der Waals surface area contributed by atoms with Crippen molar-refractivity contribution in [2.45, 2.75) is 0 Å². The molecule has 0 saturated heterocycles. The van der Waals surface area contributed by atoms with Crippen LogP contribution in [-0.2, 0) is 0 Å². The summed E-state index contributed by atoms with van der Waals surface area (Å²) in [6.45, 7) is 0.828. The van der Waals surface area contributed by atoms with Gasteiger partial charge in [0.2, 0.25) is 0 Å². The maximum Gasteiger partial charge on any atom is 0.150 e. The van der Waals surface area contributed by atoms with Crippen LogP contribution in [0.1, 0.15) is 10.4 Å². The van der Waals surface area contributed by atoms with Gasteiger partial charge in [-0.3, -0.25) is 4.79 Å². The molecular weight excluding hydrogens is 288 g/mol. The van der Waals surface area contributed by atoms with Gasteiger partial charge in [0.15, 0.2) is 6.29 Å². The van der Waals surface area contributed by atoms with Crippen molar-refractivity contribution >= 4 is 29.0 Å². The molecule has 0 aliphatic carbocycles. The molecule has 21 heavy (non-hydrogen) atoms. The molecule has 0 aliphatic rings. The minimum absolute atomic E-state index is 0.00611. The van der Waals surface area contributed by atoms with E-state index in [1.807, 2.05) is 23.1 Å². The van der Waals surface area contributed by atoms with Crippen molar-refractivity contribution < 1.29 is 15.0 Å². The number of aliphatic hydroxyl groups is 2. The van der Waals surface area contributed by atoms with Crippen molar-refractivity contribution in [2.75, 3.05) is 36.9 Å². The van der Waals surface area contributed by atoms with Gasteiger partial charge in [-0.2, -0.15) is 0 Å². The van der Waals surface area contributed by atoms with Crippen LogP contribution < -0.4 is 10.6 Å². The Labute approximate surface area is 127 Å². The number of hydrogen-bond acceptors (Lipinski definition) is 6. The first-order chi connectivity index (χ1) is 10.2. The lowest BCUT2D eigenvalue weighted by atomic mass is 10.1. The third kappa shape index (κ3) is 3.60. The van der Waals surface area contributed by atoms with E-state index in [1.165, 1.54) is 11.3 Å². The molecule has 4 N–H and O–H groups in total. The van der Waals surface area contributed by atoms with Crippen molar-refractivity contribution in [2.24, 2.45) is 0 Å². The highest BCUT2D eigenvalue weighted by atomic mass is 32.1. The minimum Gasteiger partial charge on any atom is -0.399 e. The number of carbonyl (C=O) groups is 1. The third-order valence-electron chi connectivity index (χ3n) is 3.12. The molecule has 0 bridgehead atoms. The van der Waals surface area contributed by atoms with Crippen LogP contribution in [0, 0.1) is 0 Å². The van der Waals surface area contributed by atoms with E-state index in [1.54, 1.807) is 11.4 Å². The molecule has 5 nitrogen and oxygen atoms in total. The molecule has 6 heteroatoms. The molecule has 1 aromatic heterocycles. The molecule has 1 aromatic carbocycles. The van der Waals surface area contributed by atoms with Crippen LogP contribution in [0.3, 0.4) is 0 Å². The fourth-order valence-corrected chi connectivity index (χ4v) is 3.06. The second kappa shape index (κ2) is 7.21. The average molecular weight is 306 g/mol. The number of hydrogen-bond donors (Lipinski definition) is 3. The summed E-state index contributed by atoms with van der Waals surface area (Å²) in [6, 6.07) is 7.31. The molecule has 2 rings (SSSR count). The first kappa shape index (κ1) is 15.5. The van der Waals surface area contributed by atoms with Gasteiger partial charge in [-0.15, -0.1) is 11.3 Å². The Hall–Kier alpha value is -1.89. The third-order valence-corrected chi connectivity index (χ3v) is 4.10. The SMILES string of the molecule is Nc1ccc(N(CCO)CCO)c(-c2cc(C=O)cs2)c1. The van der Waals surface area contributed by atoms with E-state index in [4.69, 9.17) is 5.73 Å². The number of benzene rings is 1. The molecule has 0 spiro atoms. The van der Waals surface area contributed by atoms with E-state index in [0.717, 1.165) is 22.4 Å². The summed E-state index contributed by atoms with van der Waals surface area (Å²) in [5, 5.41) is 20.2. The predicted octanol–water partition coefficient (Wildman–Crippen LogP) is 1.60. The summed E-state index contributed by atoms with van der Waals surface area (Å²) in [5.41, 5.74) is 8.90. The number of thiophene rings is 1. The lowest BCUT2D eigenvalue weighted by Crippen LogP contribution is -2.30. The van der Waals surface area contributed by atoms with Crippen LogP contribution in [-0.4, -0.2) is 42.8 Å². The van der Waals surface area contributed by atoms with Gasteiger partial charge in [-0.1, -0.05) is 0 Å². The van der Waals surface area contributed by atoms with Crippen LogP contribution in [0.2, 0.25) is 0 Å². The molecule has 0 saturated carbocycles. The van der Waals surface area contributed by atoms with Crippen LogP contribution in [0.15, 0.2) is 29.6 Å². The van der Waals surface area contributed by atoms with Crippen molar-refractivity contribution in [3.63, 3.8) is 0 Å². The fraction of sp³-hybridized carbons (Fsp3) is 0.267. The number of nitrogens with two attached hydrogens (primary N) is 1. The average Bonchev–Trinajstić information content (AvgIpc) is 2.96. The Morgan fingerprint density at radius 3 is 2.48 bits per heavy atom. The lowest BCUT2D eigenvalue weighted by Gasteiger charge is -2.25. The van der Waals surface area contributed by atoms with Crippen molar-refractivity contribution in [1.82, 2.24) is 0 Å². The largest absolute Gasteiger partial charge is 0.399 e. The first-order valence-corrected chi connectivity index (χ1v) is 7.48. The quantitative estimate of drug-likeness (QED) is 0.534. The van der Waals surface area contributed by atoms with Gasteiger partial charge in [0, 0.05) is 45.8 Å². The predicted molar refractivity (Wildman–Crippen MR) is 85.9 cm³/mol. The molecule has 0 unspecified atom stereocenters. The second-order valence-electron chi connectivity index (χ2n) is 4.57. The zero-order chi connectivity index (χ0) is 15.2. The number of aldehydes is 1. The molecular formula is C15H18N2O3S. The maximum atomic E-state index is 10.8. The van der Waals surface area contributed by atoms with E-state index in [-0.39, 0.29) is 13.2 Å². The van der Waals surface area contributed by atoms with Gasteiger partial charge in [0.05, 0.1) is 13.2 Å². The smallest absolute Gasteiger partial charge is 0.150 e. The number of aliphatic hydroxyl groups excluding tert-OH is 2. The Bertz CT molecular complexity index is 607. The number of anilines is 2. The van der Waals surface area contributed by atoms with E-state index in [0.29, 0.717) is 24.3 Å². The number of carbonyl (C=O) groups excluding carboxylic acids is 1. The highest BCUT2D eigenvalue weighted by Gasteiger charge is 2.14. The summed E-state index contributed by atoms with van der Waals surface area (Å²) in [4.78, 5) is 13.7. The topological polar surface area (TPSA) is 86.8 Å². The van der Waals surface area contributed by atoms with Crippen LogP contribution in [0.5, 0.6) is 0 Å². The van der Waals surface area contributed by atoms with E-state index < -0.39 is 0 Å². The van der Waals surface area contributed by atoms with Crippen molar-refractivity contribution in [3.05, 3.63) is 35.2 Å². The molecule has 0 amide bonds. The Morgan fingerprint density at radius 1 is 1.19 bits per heavy atom. The molecule has 0 atom stereocenters. The Morgan fingerprint density at radius 2 is 1.90 bits per heavy atom. The highest BCUT2D eigenvalue weighted by Crippen LogP contribution is 2.36. The van der Waals surface area contributed by atoms with Gasteiger partial charge < -0.3 is 20.8 Å². The van der Waals surface area contributed by atoms with Crippen molar-refractivity contribution in [1.29, 1.82) is 0 Å². The highest BCUT2D eigenvalue weighted by molar-refractivity contribution is 7.13. The van der Waals surface area contributed by atoms with Gasteiger partial charge >= 0.3 is 0 Å². The summed E-state index contributed by atoms with van der Waals surface area (Å²) >= 11 is 1.47. The number of nitrogens with zero attached hydrogens (tertiary/aromatic N) is 1.